The van der Waals surface area contributed by atoms with Gasteiger partial charge in [-0.15, -0.1) is 24.0 Å². The lowest BCUT2D eigenvalue weighted by Gasteiger charge is -2.18. The lowest BCUT2D eigenvalue weighted by atomic mass is 10.1. The van der Waals surface area contributed by atoms with Gasteiger partial charge in [-0.3, -0.25) is 9.79 Å². The van der Waals surface area contributed by atoms with Crippen LogP contribution >= 0.6 is 24.0 Å². The number of guanidine groups is 1. The molecule has 28 heavy (non-hydrogen) atoms. The van der Waals surface area contributed by atoms with Crippen molar-refractivity contribution in [2.75, 3.05) is 20.1 Å². The summed E-state index contributed by atoms with van der Waals surface area (Å²) < 4.78 is 6.25. The fourth-order valence-corrected chi connectivity index (χ4v) is 3.07. The minimum atomic E-state index is 0. The van der Waals surface area contributed by atoms with E-state index in [1.165, 1.54) is 18.4 Å². The van der Waals surface area contributed by atoms with E-state index in [1.807, 2.05) is 13.8 Å². The Morgan fingerprint density at radius 1 is 1.18 bits per heavy atom. The molecular weight excluding hydrogens is 467 g/mol. The van der Waals surface area contributed by atoms with E-state index in [4.69, 9.17) is 4.74 Å². The van der Waals surface area contributed by atoms with Crippen LogP contribution in [0.2, 0.25) is 0 Å². The number of carbonyl (C=O) groups is 1. The third-order valence-corrected chi connectivity index (χ3v) is 4.73. The van der Waals surface area contributed by atoms with Crippen LogP contribution in [-0.2, 0) is 11.3 Å². The second-order valence-electron chi connectivity index (χ2n) is 7.43. The van der Waals surface area contributed by atoms with Gasteiger partial charge in [0.15, 0.2) is 5.96 Å². The SMILES string of the molecule is CN=C(NCCNC(=O)C(C)C)NCc1ccc(C)cc1OC1CCCC1.I. The highest BCUT2D eigenvalue weighted by Gasteiger charge is 2.18. The van der Waals surface area contributed by atoms with E-state index in [2.05, 4.69) is 46.1 Å². The number of halogens is 1. The standard InChI is InChI=1S/C21H34N4O2.HI/c1-15(2)20(26)23-11-12-24-21(22-4)25-14-17-10-9-16(3)13-19(17)27-18-7-5-6-8-18;/h9-10,13,15,18H,5-8,11-12,14H2,1-4H3,(H,23,26)(H2,22,24,25);1H. The smallest absolute Gasteiger partial charge is 0.222 e. The molecule has 0 saturated heterocycles. The highest BCUT2D eigenvalue weighted by Crippen LogP contribution is 2.27. The molecule has 0 radical (unpaired) electrons. The van der Waals surface area contributed by atoms with Crippen LogP contribution < -0.4 is 20.7 Å². The number of amides is 1. The van der Waals surface area contributed by atoms with E-state index in [-0.39, 0.29) is 35.8 Å². The first-order valence-corrected chi connectivity index (χ1v) is 9.98. The van der Waals surface area contributed by atoms with E-state index < -0.39 is 0 Å². The summed E-state index contributed by atoms with van der Waals surface area (Å²) in [5, 5.41) is 9.44. The maximum absolute atomic E-state index is 11.6. The summed E-state index contributed by atoms with van der Waals surface area (Å²) in [6, 6.07) is 6.34. The van der Waals surface area contributed by atoms with E-state index in [0.29, 0.717) is 31.7 Å². The maximum Gasteiger partial charge on any atom is 0.222 e. The van der Waals surface area contributed by atoms with Gasteiger partial charge in [-0.2, -0.15) is 0 Å². The molecule has 1 saturated carbocycles. The molecule has 0 aromatic heterocycles. The third kappa shape index (κ3) is 8.24. The normalized spacial score (nSPS) is 14.5. The van der Waals surface area contributed by atoms with E-state index in [1.54, 1.807) is 7.05 Å². The van der Waals surface area contributed by atoms with Gasteiger partial charge in [0.2, 0.25) is 5.91 Å². The Morgan fingerprint density at radius 3 is 2.50 bits per heavy atom. The zero-order valence-corrected chi connectivity index (χ0v) is 19.8. The second kappa shape index (κ2) is 12.9. The third-order valence-electron chi connectivity index (χ3n) is 4.73. The summed E-state index contributed by atoms with van der Waals surface area (Å²) in [6.07, 6.45) is 5.15. The molecule has 1 aliphatic rings. The van der Waals surface area contributed by atoms with Crippen LogP contribution in [0.15, 0.2) is 23.2 Å². The predicted molar refractivity (Wildman–Crippen MR) is 126 cm³/mol. The Morgan fingerprint density at radius 2 is 1.86 bits per heavy atom. The number of hydrogen-bond donors (Lipinski definition) is 3. The average Bonchev–Trinajstić information content (AvgIpc) is 3.15. The van der Waals surface area contributed by atoms with E-state index in [0.717, 1.165) is 24.2 Å². The van der Waals surface area contributed by atoms with Crippen molar-refractivity contribution in [1.82, 2.24) is 16.0 Å². The summed E-state index contributed by atoms with van der Waals surface area (Å²) in [7, 11) is 1.74. The molecule has 158 valence electrons. The zero-order chi connectivity index (χ0) is 19.6. The summed E-state index contributed by atoms with van der Waals surface area (Å²) in [5.41, 5.74) is 2.33. The van der Waals surface area contributed by atoms with Crippen molar-refractivity contribution in [3.8, 4) is 5.75 Å². The molecule has 6 nitrogen and oxygen atoms in total. The highest BCUT2D eigenvalue weighted by atomic mass is 127. The van der Waals surface area contributed by atoms with Crippen LogP contribution in [-0.4, -0.2) is 38.1 Å². The topological polar surface area (TPSA) is 74.8 Å². The van der Waals surface area contributed by atoms with Crippen LogP contribution in [0.25, 0.3) is 0 Å². The quantitative estimate of drug-likeness (QED) is 0.221. The molecule has 0 unspecified atom stereocenters. The summed E-state index contributed by atoms with van der Waals surface area (Å²) in [6.45, 7) is 7.69. The highest BCUT2D eigenvalue weighted by molar-refractivity contribution is 14.0. The monoisotopic (exact) mass is 502 g/mol. The van der Waals surface area contributed by atoms with Crippen molar-refractivity contribution in [1.29, 1.82) is 0 Å². The maximum atomic E-state index is 11.6. The molecule has 1 aromatic carbocycles. The number of rotatable bonds is 8. The number of nitrogens with one attached hydrogen (secondary N) is 3. The second-order valence-corrected chi connectivity index (χ2v) is 7.43. The molecule has 0 aliphatic heterocycles. The Hall–Kier alpha value is -1.51. The predicted octanol–water partition coefficient (Wildman–Crippen LogP) is 3.37. The molecule has 0 spiro atoms. The number of benzene rings is 1. The molecule has 1 amide bonds. The van der Waals surface area contributed by atoms with Crippen molar-refractivity contribution < 1.29 is 9.53 Å². The number of carbonyl (C=O) groups excluding carboxylic acids is 1. The average molecular weight is 502 g/mol. The molecule has 0 bridgehead atoms. The number of aryl methyl sites for hydroxylation is 1. The molecular formula is C21H35IN4O2. The van der Waals surface area contributed by atoms with Crippen molar-refractivity contribution in [3.63, 3.8) is 0 Å². The van der Waals surface area contributed by atoms with Gasteiger partial charge in [-0.1, -0.05) is 26.0 Å². The Kier molecular flexibility index (Phi) is 11.3. The van der Waals surface area contributed by atoms with Gasteiger partial charge in [-0.05, 0) is 44.2 Å². The minimum Gasteiger partial charge on any atom is -0.490 e. The van der Waals surface area contributed by atoms with Crippen LogP contribution in [0.5, 0.6) is 5.75 Å². The summed E-state index contributed by atoms with van der Waals surface area (Å²) in [4.78, 5) is 15.8. The first-order valence-electron chi connectivity index (χ1n) is 9.98. The number of aliphatic imine (C=N–C) groups is 1. The fourth-order valence-electron chi connectivity index (χ4n) is 3.07. The molecule has 7 heteroatoms. The van der Waals surface area contributed by atoms with Gasteiger partial charge in [-0.25, -0.2) is 0 Å². The Labute approximate surface area is 186 Å². The first-order chi connectivity index (χ1) is 13.0. The van der Waals surface area contributed by atoms with Crippen molar-refractivity contribution in [3.05, 3.63) is 29.3 Å². The van der Waals surface area contributed by atoms with Gasteiger partial charge in [0, 0.05) is 38.2 Å². The molecule has 1 fully saturated rings. The molecule has 1 aromatic rings. The molecule has 3 N–H and O–H groups in total. The summed E-state index contributed by atoms with van der Waals surface area (Å²) >= 11 is 0. The number of nitrogens with zero attached hydrogens (tertiary/aromatic N) is 1. The zero-order valence-electron chi connectivity index (χ0n) is 17.5. The van der Waals surface area contributed by atoms with E-state index in [9.17, 15) is 4.79 Å². The van der Waals surface area contributed by atoms with Crippen LogP contribution in [0.3, 0.4) is 0 Å². The van der Waals surface area contributed by atoms with Crippen molar-refractivity contribution in [2.24, 2.45) is 10.9 Å². The molecule has 0 atom stereocenters. The number of ether oxygens (including phenoxy) is 1. The van der Waals surface area contributed by atoms with Gasteiger partial charge < -0.3 is 20.7 Å². The van der Waals surface area contributed by atoms with E-state index >= 15 is 0 Å². The molecule has 0 heterocycles. The van der Waals surface area contributed by atoms with Gasteiger partial charge in [0.05, 0.1) is 6.10 Å². The Balaban J connectivity index is 0.00000392. The molecule has 2 rings (SSSR count). The number of hydrogen-bond acceptors (Lipinski definition) is 3. The van der Waals surface area contributed by atoms with Crippen LogP contribution in [0.4, 0.5) is 0 Å². The van der Waals surface area contributed by atoms with Crippen molar-refractivity contribution >= 4 is 35.8 Å². The lowest BCUT2D eigenvalue weighted by molar-refractivity contribution is -0.123. The van der Waals surface area contributed by atoms with Crippen LogP contribution in [0.1, 0.15) is 50.7 Å². The van der Waals surface area contributed by atoms with Crippen LogP contribution in [0, 0.1) is 12.8 Å². The van der Waals surface area contributed by atoms with Gasteiger partial charge in [0.25, 0.3) is 0 Å². The van der Waals surface area contributed by atoms with Crippen molar-refractivity contribution in [2.45, 2.75) is 59.1 Å². The minimum absolute atomic E-state index is 0. The van der Waals surface area contributed by atoms with Gasteiger partial charge in [0.1, 0.15) is 5.75 Å². The molecule has 1 aliphatic carbocycles. The lowest BCUT2D eigenvalue weighted by Crippen LogP contribution is -2.41. The largest absolute Gasteiger partial charge is 0.490 e. The fraction of sp³-hybridized carbons (Fsp3) is 0.619. The van der Waals surface area contributed by atoms with Gasteiger partial charge >= 0.3 is 0 Å². The Bertz CT molecular complexity index is 643. The summed E-state index contributed by atoms with van der Waals surface area (Å²) in [5.74, 6) is 1.74. The first kappa shape index (κ1) is 24.5.